The van der Waals surface area contributed by atoms with Gasteiger partial charge in [0, 0.05) is 24.4 Å². The van der Waals surface area contributed by atoms with Crippen molar-refractivity contribution in [2.24, 2.45) is 5.41 Å². The average Bonchev–Trinajstić information content (AvgIpc) is 2.79. The maximum Gasteiger partial charge on any atom is 0.498 e. The quantitative estimate of drug-likeness (QED) is 0.784. The molecule has 1 fully saturated rings. The summed E-state index contributed by atoms with van der Waals surface area (Å²) >= 11 is 0. The summed E-state index contributed by atoms with van der Waals surface area (Å²) < 4.78 is 14.2. The second-order valence-corrected chi connectivity index (χ2v) is 8.61. The fraction of sp³-hybridized carbons (Fsp3) is 0.765. The van der Waals surface area contributed by atoms with E-state index in [-0.39, 0.29) is 23.7 Å². The largest absolute Gasteiger partial charge is 0.498 e. The summed E-state index contributed by atoms with van der Waals surface area (Å²) in [6, 6.07) is 0. The van der Waals surface area contributed by atoms with Gasteiger partial charge in [-0.1, -0.05) is 27.7 Å². The van der Waals surface area contributed by atoms with Crippen LogP contribution in [0.25, 0.3) is 0 Å². The van der Waals surface area contributed by atoms with Crippen LogP contribution >= 0.6 is 0 Å². The molecule has 1 aromatic heterocycles. The highest BCUT2D eigenvalue weighted by atomic mass is 16.7. The third-order valence-corrected chi connectivity index (χ3v) is 4.60. The molecule has 22 heavy (non-hydrogen) atoms. The highest BCUT2D eigenvalue weighted by molar-refractivity contribution is 6.61. The van der Waals surface area contributed by atoms with Gasteiger partial charge in [-0.25, -0.2) is 0 Å². The zero-order valence-corrected chi connectivity index (χ0v) is 15.4. The lowest BCUT2D eigenvalue weighted by Gasteiger charge is -2.32. The van der Waals surface area contributed by atoms with Gasteiger partial charge in [-0.05, 0) is 45.4 Å². The van der Waals surface area contributed by atoms with Crippen molar-refractivity contribution in [3.8, 4) is 0 Å². The molecule has 0 amide bonds. The molecule has 123 valence electrons. The van der Waals surface area contributed by atoms with E-state index in [2.05, 4.69) is 66.7 Å². The van der Waals surface area contributed by atoms with E-state index in [1.54, 1.807) is 0 Å². The van der Waals surface area contributed by atoms with Crippen molar-refractivity contribution in [2.45, 2.75) is 79.6 Å². The summed E-state index contributed by atoms with van der Waals surface area (Å²) in [6.07, 6.45) is 5.01. The Hall–Kier alpha value is -0.805. The monoisotopic (exact) mass is 305 g/mol. The maximum absolute atomic E-state index is 6.08. The van der Waals surface area contributed by atoms with Crippen LogP contribution < -0.4 is 5.46 Å². The van der Waals surface area contributed by atoms with Crippen LogP contribution in [-0.2, 0) is 15.9 Å². The van der Waals surface area contributed by atoms with Gasteiger partial charge in [0.2, 0.25) is 0 Å². The molecule has 0 N–H and O–H groups in total. The fourth-order valence-electron chi connectivity index (χ4n) is 3.02. The topological polar surface area (TPSA) is 36.3 Å². The summed E-state index contributed by atoms with van der Waals surface area (Å²) in [5.41, 5.74) is 0.560. The molecule has 0 unspecified atom stereocenters. The molecule has 5 heteroatoms. The van der Waals surface area contributed by atoms with Crippen LogP contribution in [0.5, 0.6) is 0 Å². The van der Waals surface area contributed by atoms with E-state index in [0.29, 0.717) is 0 Å². The molecule has 0 atom stereocenters. The minimum Gasteiger partial charge on any atom is -0.399 e. The van der Waals surface area contributed by atoms with Gasteiger partial charge >= 0.3 is 7.12 Å². The lowest BCUT2D eigenvalue weighted by molar-refractivity contribution is 0.00578. The van der Waals surface area contributed by atoms with Crippen LogP contribution in [0.15, 0.2) is 12.4 Å². The van der Waals surface area contributed by atoms with Crippen molar-refractivity contribution in [2.75, 3.05) is 0 Å². The van der Waals surface area contributed by atoms with E-state index in [0.717, 1.165) is 18.4 Å². The predicted octanol–water partition coefficient (Wildman–Crippen LogP) is 3.21. The van der Waals surface area contributed by atoms with E-state index in [4.69, 9.17) is 9.31 Å². The van der Waals surface area contributed by atoms with Crippen molar-refractivity contribution in [3.05, 3.63) is 18.3 Å². The lowest BCUT2D eigenvalue weighted by atomic mass is 9.81. The van der Waals surface area contributed by atoms with Gasteiger partial charge in [-0.3, -0.25) is 4.68 Å². The molecule has 0 aliphatic carbocycles. The minimum absolute atomic E-state index is 0.193. The molecule has 1 saturated heterocycles. The first-order chi connectivity index (χ1) is 9.92. The molecule has 0 bridgehead atoms. The Morgan fingerprint density at radius 3 is 2.23 bits per heavy atom. The lowest BCUT2D eigenvalue weighted by Crippen LogP contribution is -2.41. The SMILES string of the molecule is C[C](C)CC(C)(C)Cn1cc(B2OC(C)(C)C(C)(C)O2)cn1. The number of nitrogens with zero attached hydrogens (tertiary/aromatic N) is 2. The molecule has 1 radical (unpaired) electrons. The van der Waals surface area contributed by atoms with Crippen LogP contribution in [0.1, 0.15) is 61.8 Å². The third-order valence-electron chi connectivity index (χ3n) is 4.60. The second-order valence-electron chi connectivity index (χ2n) is 8.61. The number of hydrogen-bond acceptors (Lipinski definition) is 3. The van der Waals surface area contributed by atoms with Crippen LogP contribution in [0.2, 0.25) is 0 Å². The molecule has 4 nitrogen and oxygen atoms in total. The Labute approximate surface area is 135 Å². The Bertz CT molecular complexity index is 504. The van der Waals surface area contributed by atoms with E-state index in [1.807, 2.05) is 10.9 Å². The van der Waals surface area contributed by atoms with Gasteiger partial charge in [-0.15, -0.1) is 0 Å². The Morgan fingerprint density at radius 1 is 1.18 bits per heavy atom. The molecular weight excluding hydrogens is 275 g/mol. The van der Waals surface area contributed by atoms with E-state index in [1.165, 1.54) is 5.92 Å². The molecule has 2 heterocycles. The van der Waals surface area contributed by atoms with Crippen LogP contribution in [0.4, 0.5) is 0 Å². The van der Waals surface area contributed by atoms with Gasteiger partial charge in [0.25, 0.3) is 0 Å². The van der Waals surface area contributed by atoms with E-state index >= 15 is 0 Å². The first-order valence-corrected chi connectivity index (χ1v) is 8.09. The number of aromatic nitrogens is 2. The second kappa shape index (κ2) is 5.68. The van der Waals surface area contributed by atoms with Crippen molar-refractivity contribution in [1.29, 1.82) is 0 Å². The molecule has 1 aliphatic rings. The standard InChI is InChI=1S/C17H30BN2O2/c1-13(2)9-15(3,4)12-20-11-14(10-19-20)18-21-16(5,6)17(7,8)22-18/h10-11H,9,12H2,1-8H3. The molecule has 1 aliphatic heterocycles. The zero-order valence-electron chi connectivity index (χ0n) is 15.4. The zero-order chi connectivity index (χ0) is 16.8. The summed E-state index contributed by atoms with van der Waals surface area (Å²) in [7, 11) is -0.332. The maximum atomic E-state index is 6.08. The number of rotatable bonds is 5. The normalized spacial score (nSPS) is 20.9. The Kier molecular flexibility index (Phi) is 4.53. The minimum atomic E-state index is -0.332. The van der Waals surface area contributed by atoms with Crippen LogP contribution in [0.3, 0.4) is 0 Å². The van der Waals surface area contributed by atoms with E-state index in [9.17, 15) is 0 Å². The Morgan fingerprint density at radius 2 is 1.73 bits per heavy atom. The molecule has 0 spiro atoms. The molecule has 0 saturated carbocycles. The first kappa shape index (κ1) is 17.5. The molecule has 0 aromatic carbocycles. The Balaban J connectivity index is 2.07. The van der Waals surface area contributed by atoms with Crippen LogP contribution in [0, 0.1) is 11.3 Å². The summed E-state index contributed by atoms with van der Waals surface area (Å²) in [5, 5.41) is 4.50. The average molecular weight is 305 g/mol. The highest BCUT2D eigenvalue weighted by Crippen LogP contribution is 2.36. The summed E-state index contributed by atoms with van der Waals surface area (Å²) in [5.74, 6) is 1.45. The fourth-order valence-corrected chi connectivity index (χ4v) is 3.02. The summed E-state index contributed by atoms with van der Waals surface area (Å²) in [6.45, 7) is 18.1. The van der Waals surface area contributed by atoms with Crippen molar-refractivity contribution >= 4 is 12.6 Å². The molecular formula is C17H30BN2O2. The number of hydrogen-bond donors (Lipinski definition) is 0. The summed E-state index contributed by atoms with van der Waals surface area (Å²) in [4.78, 5) is 0. The van der Waals surface area contributed by atoms with Gasteiger partial charge in [0.1, 0.15) is 0 Å². The van der Waals surface area contributed by atoms with Crippen molar-refractivity contribution in [3.63, 3.8) is 0 Å². The van der Waals surface area contributed by atoms with E-state index < -0.39 is 0 Å². The first-order valence-electron chi connectivity index (χ1n) is 8.09. The van der Waals surface area contributed by atoms with Gasteiger partial charge in [0.15, 0.2) is 0 Å². The van der Waals surface area contributed by atoms with Gasteiger partial charge in [-0.2, -0.15) is 5.10 Å². The highest BCUT2D eigenvalue weighted by Gasteiger charge is 2.52. The predicted molar refractivity (Wildman–Crippen MR) is 90.9 cm³/mol. The van der Waals surface area contributed by atoms with Gasteiger partial charge < -0.3 is 9.31 Å². The van der Waals surface area contributed by atoms with Crippen molar-refractivity contribution < 1.29 is 9.31 Å². The smallest absolute Gasteiger partial charge is 0.399 e. The third kappa shape index (κ3) is 3.74. The van der Waals surface area contributed by atoms with Crippen LogP contribution in [-0.4, -0.2) is 28.1 Å². The van der Waals surface area contributed by atoms with Gasteiger partial charge in [0.05, 0.1) is 11.2 Å². The molecule has 1 aromatic rings. The molecule has 2 rings (SSSR count). The van der Waals surface area contributed by atoms with Crippen molar-refractivity contribution in [1.82, 2.24) is 9.78 Å².